The molecule has 0 aliphatic rings. The first-order valence-corrected chi connectivity index (χ1v) is 9.39. The molecule has 9 nitrogen and oxygen atoms in total. The third-order valence-corrected chi connectivity index (χ3v) is 4.45. The monoisotopic (exact) mass is 457 g/mol. The fourth-order valence-electron chi connectivity index (χ4n) is 3.13. The van der Waals surface area contributed by atoms with Gasteiger partial charge in [-0.25, -0.2) is 23.4 Å². The summed E-state index contributed by atoms with van der Waals surface area (Å²) in [7, 11) is 1.30. The summed E-state index contributed by atoms with van der Waals surface area (Å²) in [6.45, 7) is 0.153. The van der Waals surface area contributed by atoms with Gasteiger partial charge in [0.05, 0.1) is 29.3 Å². The van der Waals surface area contributed by atoms with Crippen LogP contribution in [0.15, 0.2) is 17.2 Å². The van der Waals surface area contributed by atoms with Gasteiger partial charge in [0.1, 0.15) is 5.52 Å². The Hall–Kier alpha value is -3.51. The SMILES string of the molecule is Cc1nn(C)c(OC(F)F)c1-c1c(OC(=O)C(C)C)c2nccnc2n(CC(F)F)c1=O. The van der Waals surface area contributed by atoms with Gasteiger partial charge in [-0.15, -0.1) is 0 Å². The van der Waals surface area contributed by atoms with Gasteiger partial charge in [0.25, 0.3) is 12.0 Å². The van der Waals surface area contributed by atoms with Crippen LogP contribution in [0.5, 0.6) is 11.6 Å². The Morgan fingerprint density at radius 1 is 1.12 bits per heavy atom. The average molecular weight is 457 g/mol. The number of carbonyl (C=O) groups is 1. The summed E-state index contributed by atoms with van der Waals surface area (Å²) in [6, 6.07) is 0. The summed E-state index contributed by atoms with van der Waals surface area (Å²) >= 11 is 0. The second-order valence-electron chi connectivity index (χ2n) is 7.08. The first-order valence-electron chi connectivity index (χ1n) is 9.39. The van der Waals surface area contributed by atoms with Gasteiger partial charge in [-0.05, 0) is 6.92 Å². The second kappa shape index (κ2) is 8.93. The lowest BCUT2D eigenvalue weighted by molar-refractivity contribution is -0.137. The van der Waals surface area contributed by atoms with Crippen molar-refractivity contribution in [3.63, 3.8) is 0 Å². The summed E-state index contributed by atoms with van der Waals surface area (Å²) in [5.41, 5.74) is -2.13. The van der Waals surface area contributed by atoms with Crippen LogP contribution in [-0.4, -0.2) is 43.3 Å². The van der Waals surface area contributed by atoms with Crippen LogP contribution in [0.1, 0.15) is 19.5 Å². The molecular weight excluding hydrogens is 438 g/mol. The van der Waals surface area contributed by atoms with Crippen LogP contribution in [-0.2, 0) is 18.4 Å². The number of alkyl halides is 4. The quantitative estimate of drug-likeness (QED) is 0.397. The fourth-order valence-corrected chi connectivity index (χ4v) is 3.13. The highest BCUT2D eigenvalue weighted by Crippen LogP contribution is 2.40. The maximum atomic E-state index is 13.4. The van der Waals surface area contributed by atoms with Crippen molar-refractivity contribution in [1.82, 2.24) is 24.3 Å². The number of aromatic nitrogens is 5. The first kappa shape index (κ1) is 23.2. The predicted molar refractivity (Wildman–Crippen MR) is 104 cm³/mol. The Morgan fingerprint density at radius 3 is 2.38 bits per heavy atom. The van der Waals surface area contributed by atoms with Crippen LogP contribution < -0.4 is 15.0 Å². The van der Waals surface area contributed by atoms with Crippen LogP contribution in [0.4, 0.5) is 17.6 Å². The van der Waals surface area contributed by atoms with Crippen molar-refractivity contribution in [2.45, 2.75) is 40.4 Å². The molecule has 0 bridgehead atoms. The van der Waals surface area contributed by atoms with E-state index in [0.29, 0.717) is 4.57 Å². The van der Waals surface area contributed by atoms with Crippen molar-refractivity contribution in [2.75, 3.05) is 0 Å². The van der Waals surface area contributed by atoms with Gasteiger partial charge in [-0.3, -0.25) is 14.2 Å². The topological polar surface area (TPSA) is 101 Å². The third kappa shape index (κ3) is 4.27. The van der Waals surface area contributed by atoms with Crippen LogP contribution in [0.3, 0.4) is 0 Å². The molecule has 3 heterocycles. The summed E-state index contributed by atoms with van der Waals surface area (Å²) in [4.78, 5) is 33.8. The normalized spacial score (nSPS) is 11.7. The summed E-state index contributed by atoms with van der Waals surface area (Å²) in [5, 5.41) is 3.99. The zero-order valence-corrected chi connectivity index (χ0v) is 17.5. The molecule has 0 radical (unpaired) electrons. The Bertz CT molecular complexity index is 1220. The predicted octanol–water partition coefficient (Wildman–Crippen LogP) is 2.93. The summed E-state index contributed by atoms with van der Waals surface area (Å²) in [6.07, 6.45) is -0.553. The van der Waals surface area contributed by atoms with Crippen LogP contribution in [0.25, 0.3) is 22.3 Å². The molecular formula is C19H19F4N5O4. The van der Waals surface area contributed by atoms with Gasteiger partial charge in [0, 0.05) is 19.4 Å². The highest BCUT2D eigenvalue weighted by molar-refractivity contribution is 5.92. The molecule has 0 spiro atoms. The van der Waals surface area contributed by atoms with Crippen LogP contribution in [0, 0.1) is 12.8 Å². The minimum atomic E-state index is -3.27. The van der Waals surface area contributed by atoms with Crippen LogP contribution in [0.2, 0.25) is 0 Å². The third-order valence-electron chi connectivity index (χ3n) is 4.45. The molecule has 0 N–H and O–H groups in total. The Kier molecular flexibility index (Phi) is 6.46. The number of hydrogen-bond donors (Lipinski definition) is 0. The van der Waals surface area contributed by atoms with E-state index in [2.05, 4.69) is 19.8 Å². The van der Waals surface area contributed by atoms with E-state index in [9.17, 15) is 27.2 Å². The lowest BCUT2D eigenvalue weighted by Crippen LogP contribution is -2.28. The molecule has 0 aromatic carbocycles. The highest BCUT2D eigenvalue weighted by Gasteiger charge is 2.31. The number of esters is 1. The van der Waals surface area contributed by atoms with Gasteiger partial charge >= 0.3 is 12.6 Å². The Morgan fingerprint density at radius 2 is 1.78 bits per heavy atom. The van der Waals surface area contributed by atoms with Crippen molar-refractivity contribution in [3.05, 3.63) is 28.4 Å². The fraction of sp³-hybridized carbons (Fsp3) is 0.421. The molecule has 3 aromatic rings. The summed E-state index contributed by atoms with van der Waals surface area (Å²) in [5.74, 6) is -2.31. The molecule has 0 saturated carbocycles. The smallest absolute Gasteiger partial charge is 0.388 e. The van der Waals surface area contributed by atoms with Crippen molar-refractivity contribution in [2.24, 2.45) is 13.0 Å². The molecule has 172 valence electrons. The molecule has 0 aliphatic heterocycles. The molecule has 13 heteroatoms. The molecule has 3 aromatic heterocycles. The van der Waals surface area contributed by atoms with E-state index >= 15 is 0 Å². The number of halogens is 4. The minimum absolute atomic E-state index is 0.0638. The number of aryl methyl sites for hydroxylation is 2. The minimum Gasteiger partial charge on any atom is -0.423 e. The van der Waals surface area contributed by atoms with Crippen molar-refractivity contribution in [3.8, 4) is 22.8 Å². The number of nitrogens with zero attached hydrogens (tertiary/aromatic N) is 5. The average Bonchev–Trinajstić information content (AvgIpc) is 2.97. The molecule has 0 aliphatic carbocycles. The van der Waals surface area contributed by atoms with E-state index in [1.54, 1.807) is 0 Å². The second-order valence-corrected chi connectivity index (χ2v) is 7.08. The lowest BCUT2D eigenvalue weighted by atomic mass is 10.1. The van der Waals surface area contributed by atoms with Crippen molar-refractivity contribution < 1.29 is 31.8 Å². The molecule has 3 rings (SSSR count). The Balaban J connectivity index is 2.48. The zero-order valence-electron chi connectivity index (χ0n) is 17.5. The van der Waals surface area contributed by atoms with E-state index < -0.39 is 54.2 Å². The van der Waals surface area contributed by atoms with E-state index in [-0.39, 0.29) is 22.4 Å². The number of rotatable bonds is 7. The van der Waals surface area contributed by atoms with Crippen LogP contribution >= 0.6 is 0 Å². The van der Waals surface area contributed by atoms with Gasteiger partial charge in [-0.1, -0.05) is 13.8 Å². The molecule has 0 fully saturated rings. The van der Waals surface area contributed by atoms with Gasteiger partial charge in [-0.2, -0.15) is 13.9 Å². The van der Waals surface area contributed by atoms with E-state index in [1.807, 2.05) is 0 Å². The number of carbonyl (C=O) groups excluding carboxylic acids is 1. The standard InChI is InChI=1S/C19H19F4N5O4/c1-8(2)18(30)31-14-12(11-9(3)26-27(4)17(11)32-19(22)23)16(29)28(7-10(20)21)15-13(14)24-5-6-25-15/h5-6,8,10,19H,7H2,1-4H3. The van der Waals surface area contributed by atoms with E-state index in [4.69, 9.17) is 4.74 Å². The molecule has 0 unspecified atom stereocenters. The largest absolute Gasteiger partial charge is 0.423 e. The number of fused-ring (bicyclic) bond motifs is 1. The molecule has 32 heavy (non-hydrogen) atoms. The number of pyridine rings is 1. The Labute approximate surface area is 178 Å². The number of hydrogen-bond acceptors (Lipinski definition) is 7. The molecule has 0 atom stereocenters. The number of ether oxygens (including phenoxy) is 2. The molecule has 0 saturated heterocycles. The first-order chi connectivity index (χ1) is 15.0. The summed E-state index contributed by atoms with van der Waals surface area (Å²) < 4.78 is 64.3. The zero-order chi connectivity index (χ0) is 23.7. The van der Waals surface area contributed by atoms with Gasteiger partial charge in [0.15, 0.2) is 11.4 Å². The highest BCUT2D eigenvalue weighted by atomic mass is 19.3. The van der Waals surface area contributed by atoms with E-state index in [1.165, 1.54) is 40.2 Å². The maximum absolute atomic E-state index is 13.4. The van der Waals surface area contributed by atoms with E-state index in [0.717, 1.165) is 4.68 Å². The lowest BCUT2D eigenvalue weighted by Gasteiger charge is -2.17. The van der Waals surface area contributed by atoms with Crippen molar-refractivity contribution in [1.29, 1.82) is 0 Å². The molecule has 0 amide bonds. The maximum Gasteiger partial charge on any atom is 0.388 e. The van der Waals surface area contributed by atoms with Gasteiger partial charge < -0.3 is 9.47 Å². The van der Waals surface area contributed by atoms with Crippen molar-refractivity contribution >= 4 is 17.1 Å². The van der Waals surface area contributed by atoms with Gasteiger partial charge in [0.2, 0.25) is 5.88 Å².